The molecule has 0 atom stereocenters. The number of rotatable bonds is 3. The Hall–Kier alpha value is -2.41. The highest BCUT2D eigenvalue weighted by atomic mass is 19.4. The maximum atomic E-state index is 12.4. The second-order valence-corrected chi connectivity index (χ2v) is 4.93. The molecule has 4 heteroatoms. The van der Waals surface area contributed by atoms with Crippen LogP contribution in [0.5, 0.6) is 0 Å². The minimum atomic E-state index is -4.30. The molecule has 0 unspecified atom stereocenters. The number of hydrogen-bond acceptors (Lipinski definition) is 1. The number of benzene rings is 2. The van der Waals surface area contributed by atoms with Crippen LogP contribution < -0.4 is 5.73 Å². The summed E-state index contributed by atoms with van der Waals surface area (Å²) in [6, 6.07) is 12.6. The summed E-state index contributed by atoms with van der Waals surface area (Å²) in [5, 5.41) is 0. The van der Waals surface area contributed by atoms with Crippen LogP contribution >= 0.6 is 0 Å². The lowest BCUT2D eigenvalue weighted by Gasteiger charge is -2.05. The summed E-state index contributed by atoms with van der Waals surface area (Å²) < 4.78 is 37.3. The Morgan fingerprint density at radius 1 is 0.955 bits per heavy atom. The van der Waals surface area contributed by atoms with E-state index < -0.39 is 11.7 Å². The van der Waals surface area contributed by atoms with Crippen molar-refractivity contribution >= 4 is 5.69 Å². The molecule has 0 fully saturated rings. The number of nitrogen functional groups attached to an aromatic ring is 1. The lowest BCUT2D eigenvalue weighted by molar-refractivity contribution is -0.137. The molecule has 1 nitrogen and oxygen atoms in total. The van der Waals surface area contributed by atoms with Crippen LogP contribution in [0, 0.1) is 11.8 Å². The smallest absolute Gasteiger partial charge is 0.399 e. The average molecular weight is 303 g/mol. The summed E-state index contributed by atoms with van der Waals surface area (Å²) in [7, 11) is 0. The zero-order valence-corrected chi connectivity index (χ0v) is 12.0. The molecule has 0 spiro atoms. The first-order valence-corrected chi connectivity index (χ1v) is 6.96. The maximum absolute atomic E-state index is 12.4. The standard InChI is InChI=1S/C18H16F3N/c19-18(20,21)16-12-10-14(11-13-16)6-2-1-3-7-15-8-4-5-9-17(15)22/h4-5,8-13H,1,3,7,22H2. The summed E-state index contributed by atoms with van der Waals surface area (Å²) >= 11 is 0. The summed E-state index contributed by atoms with van der Waals surface area (Å²) in [6.07, 6.45) is -1.92. The van der Waals surface area contributed by atoms with Crippen LogP contribution in [0.15, 0.2) is 48.5 Å². The van der Waals surface area contributed by atoms with E-state index in [9.17, 15) is 13.2 Å². The molecule has 0 saturated carbocycles. The van der Waals surface area contributed by atoms with Gasteiger partial charge < -0.3 is 5.73 Å². The van der Waals surface area contributed by atoms with Gasteiger partial charge in [0.2, 0.25) is 0 Å². The number of aryl methyl sites for hydroxylation is 1. The van der Waals surface area contributed by atoms with Crippen molar-refractivity contribution in [3.05, 3.63) is 65.2 Å². The molecule has 22 heavy (non-hydrogen) atoms. The van der Waals surface area contributed by atoms with Gasteiger partial charge in [0, 0.05) is 17.7 Å². The lowest BCUT2D eigenvalue weighted by Crippen LogP contribution is -2.04. The molecule has 2 N–H and O–H groups in total. The quantitative estimate of drug-likeness (QED) is 0.498. The van der Waals surface area contributed by atoms with E-state index in [1.807, 2.05) is 24.3 Å². The van der Waals surface area contributed by atoms with Gasteiger partial charge in [-0.15, -0.1) is 0 Å². The largest absolute Gasteiger partial charge is 0.416 e. The fourth-order valence-electron chi connectivity index (χ4n) is 2.04. The van der Waals surface area contributed by atoms with Gasteiger partial charge in [0.15, 0.2) is 0 Å². The Bertz CT molecular complexity index is 676. The molecule has 2 aromatic carbocycles. The topological polar surface area (TPSA) is 26.0 Å². The van der Waals surface area contributed by atoms with Crippen molar-refractivity contribution < 1.29 is 13.2 Å². The van der Waals surface area contributed by atoms with Crippen molar-refractivity contribution in [2.24, 2.45) is 0 Å². The van der Waals surface area contributed by atoms with E-state index in [0.29, 0.717) is 12.0 Å². The van der Waals surface area contributed by atoms with Crippen LogP contribution in [0.25, 0.3) is 0 Å². The van der Waals surface area contributed by atoms with Gasteiger partial charge in [0.05, 0.1) is 5.56 Å². The summed E-state index contributed by atoms with van der Waals surface area (Å²) in [4.78, 5) is 0. The van der Waals surface area contributed by atoms with Crippen LogP contribution in [0.1, 0.15) is 29.5 Å². The van der Waals surface area contributed by atoms with Gasteiger partial charge in [0.1, 0.15) is 0 Å². The fraction of sp³-hybridized carbons (Fsp3) is 0.222. The predicted molar refractivity (Wildman–Crippen MR) is 82.1 cm³/mol. The minimum absolute atomic E-state index is 0.590. The summed E-state index contributed by atoms with van der Waals surface area (Å²) in [5.74, 6) is 5.85. The van der Waals surface area contributed by atoms with E-state index in [2.05, 4.69) is 11.8 Å². The van der Waals surface area contributed by atoms with Gasteiger partial charge in [-0.05, 0) is 48.7 Å². The monoisotopic (exact) mass is 303 g/mol. The molecular weight excluding hydrogens is 287 g/mol. The molecule has 0 radical (unpaired) electrons. The molecule has 0 aliphatic heterocycles. The van der Waals surface area contributed by atoms with Gasteiger partial charge in [0.25, 0.3) is 0 Å². The zero-order chi connectivity index (χ0) is 16.0. The second kappa shape index (κ2) is 7.04. The highest BCUT2D eigenvalue weighted by Gasteiger charge is 2.29. The van der Waals surface area contributed by atoms with Gasteiger partial charge >= 0.3 is 6.18 Å². The number of halogens is 3. The van der Waals surface area contributed by atoms with E-state index in [1.54, 1.807) is 0 Å². The molecule has 2 aromatic rings. The Morgan fingerprint density at radius 3 is 2.27 bits per heavy atom. The van der Waals surface area contributed by atoms with Crippen molar-refractivity contribution in [2.75, 3.05) is 5.73 Å². The van der Waals surface area contributed by atoms with E-state index in [4.69, 9.17) is 5.73 Å². The van der Waals surface area contributed by atoms with Crippen LogP contribution in [0.4, 0.5) is 18.9 Å². The molecule has 0 amide bonds. The molecule has 0 aliphatic rings. The third-order valence-corrected chi connectivity index (χ3v) is 3.25. The van der Waals surface area contributed by atoms with Gasteiger partial charge in [-0.2, -0.15) is 13.2 Å². The Balaban J connectivity index is 1.85. The first-order chi connectivity index (χ1) is 10.5. The van der Waals surface area contributed by atoms with Crippen molar-refractivity contribution in [3.63, 3.8) is 0 Å². The third kappa shape index (κ3) is 4.56. The van der Waals surface area contributed by atoms with Gasteiger partial charge in [-0.1, -0.05) is 30.0 Å². The van der Waals surface area contributed by atoms with Crippen LogP contribution in [0.2, 0.25) is 0 Å². The number of alkyl halides is 3. The first kappa shape index (κ1) is 16.0. The van der Waals surface area contributed by atoms with E-state index in [-0.39, 0.29) is 0 Å². The normalized spacial score (nSPS) is 10.9. The van der Waals surface area contributed by atoms with Gasteiger partial charge in [-0.3, -0.25) is 0 Å². The molecule has 0 aliphatic carbocycles. The molecule has 0 saturated heterocycles. The molecule has 0 heterocycles. The highest BCUT2D eigenvalue weighted by Crippen LogP contribution is 2.28. The van der Waals surface area contributed by atoms with Crippen molar-refractivity contribution in [2.45, 2.75) is 25.4 Å². The molecule has 114 valence electrons. The highest BCUT2D eigenvalue weighted by molar-refractivity contribution is 5.46. The molecule has 0 aromatic heterocycles. The number of hydrogen-bond donors (Lipinski definition) is 1. The fourth-order valence-corrected chi connectivity index (χ4v) is 2.04. The molecule has 0 bridgehead atoms. The van der Waals surface area contributed by atoms with Crippen molar-refractivity contribution in [3.8, 4) is 11.8 Å². The number of nitrogens with two attached hydrogens (primary N) is 1. The summed E-state index contributed by atoms with van der Waals surface area (Å²) in [6.45, 7) is 0. The SMILES string of the molecule is Nc1ccccc1CCCC#Cc1ccc(C(F)(F)F)cc1. The van der Waals surface area contributed by atoms with Crippen LogP contribution in [-0.2, 0) is 12.6 Å². The van der Waals surface area contributed by atoms with Crippen molar-refractivity contribution in [1.82, 2.24) is 0 Å². The zero-order valence-electron chi connectivity index (χ0n) is 12.0. The minimum Gasteiger partial charge on any atom is -0.399 e. The Kier molecular flexibility index (Phi) is 5.11. The van der Waals surface area contributed by atoms with Gasteiger partial charge in [-0.25, -0.2) is 0 Å². The van der Waals surface area contributed by atoms with Crippen LogP contribution in [0.3, 0.4) is 0 Å². The predicted octanol–water partition coefficient (Wildman–Crippen LogP) is 4.66. The Morgan fingerprint density at radius 2 is 1.64 bits per heavy atom. The summed E-state index contributed by atoms with van der Waals surface area (Å²) in [5.41, 5.74) is 7.65. The second-order valence-electron chi connectivity index (χ2n) is 4.93. The number of anilines is 1. The van der Waals surface area contributed by atoms with Crippen molar-refractivity contribution in [1.29, 1.82) is 0 Å². The Labute approximate surface area is 128 Å². The van der Waals surface area contributed by atoms with E-state index in [0.717, 1.165) is 36.2 Å². The lowest BCUT2D eigenvalue weighted by atomic mass is 10.1. The maximum Gasteiger partial charge on any atom is 0.416 e. The molecular formula is C18H16F3N. The van der Waals surface area contributed by atoms with E-state index in [1.165, 1.54) is 12.1 Å². The van der Waals surface area contributed by atoms with Crippen LogP contribution in [-0.4, -0.2) is 0 Å². The molecule has 2 rings (SSSR count). The van der Waals surface area contributed by atoms with E-state index >= 15 is 0 Å². The first-order valence-electron chi connectivity index (χ1n) is 6.96. The number of unbranched alkanes of at least 4 members (excludes halogenated alkanes) is 1. The number of para-hydroxylation sites is 1. The average Bonchev–Trinajstić information content (AvgIpc) is 2.48. The third-order valence-electron chi connectivity index (χ3n) is 3.25.